The average Bonchev–Trinajstić information content (AvgIpc) is 2.62. The highest BCUT2D eigenvalue weighted by Crippen LogP contribution is 2.30. The summed E-state index contributed by atoms with van der Waals surface area (Å²) in [6.07, 6.45) is 1.16. The third-order valence-electron chi connectivity index (χ3n) is 2.71. The van der Waals surface area contributed by atoms with Gasteiger partial charge in [-0.3, -0.25) is 9.59 Å². The Hall–Kier alpha value is -2.04. The molecule has 0 radical (unpaired) electrons. The highest BCUT2D eigenvalue weighted by Gasteiger charge is 2.13. The van der Waals surface area contributed by atoms with E-state index in [1.54, 1.807) is 7.05 Å². The van der Waals surface area contributed by atoms with Gasteiger partial charge in [0.15, 0.2) is 11.5 Å². The maximum Gasteiger partial charge on any atom is 0.286 e. The average molecular weight is 249 g/mol. The number of carbonyl (C=O) groups excluding carboxylic acids is 2. The van der Waals surface area contributed by atoms with E-state index in [1.165, 1.54) is 4.90 Å². The molecule has 0 N–H and O–H groups in total. The predicted octanol–water partition coefficient (Wildman–Crippen LogP) is 1.01. The van der Waals surface area contributed by atoms with E-state index in [1.807, 2.05) is 18.2 Å². The zero-order chi connectivity index (χ0) is 13.0. The summed E-state index contributed by atoms with van der Waals surface area (Å²) in [6.45, 7) is 1.64. The van der Waals surface area contributed by atoms with Gasteiger partial charge in [-0.1, -0.05) is 6.07 Å². The molecule has 0 bridgehead atoms. The highest BCUT2D eigenvalue weighted by atomic mass is 16.5. The SMILES string of the molecule is CN(Cc1ccc2c(c1)OCCCO2)C(=O)C=O. The van der Waals surface area contributed by atoms with Crippen LogP contribution in [0.1, 0.15) is 12.0 Å². The standard InChI is InChI=1S/C13H15NO4/c1-14(13(16)9-15)8-10-3-4-11-12(7-10)18-6-2-5-17-11/h3-4,7,9H,2,5-6,8H2,1H3. The van der Waals surface area contributed by atoms with Crippen molar-refractivity contribution in [2.75, 3.05) is 20.3 Å². The van der Waals surface area contributed by atoms with E-state index in [2.05, 4.69) is 0 Å². The first kappa shape index (κ1) is 12.4. The molecule has 96 valence electrons. The molecule has 0 aromatic heterocycles. The number of carbonyl (C=O) groups is 2. The van der Waals surface area contributed by atoms with Gasteiger partial charge < -0.3 is 14.4 Å². The number of hydrogen-bond donors (Lipinski definition) is 0. The number of likely N-dealkylation sites (N-methyl/N-ethyl adjacent to an activating group) is 1. The monoisotopic (exact) mass is 249 g/mol. The van der Waals surface area contributed by atoms with E-state index in [4.69, 9.17) is 9.47 Å². The van der Waals surface area contributed by atoms with Crippen molar-refractivity contribution >= 4 is 12.2 Å². The summed E-state index contributed by atoms with van der Waals surface area (Å²) in [4.78, 5) is 22.9. The zero-order valence-electron chi connectivity index (χ0n) is 10.2. The Labute approximate surface area is 105 Å². The zero-order valence-corrected chi connectivity index (χ0v) is 10.2. The summed E-state index contributed by atoms with van der Waals surface area (Å²) in [5, 5.41) is 0. The number of nitrogens with zero attached hydrogens (tertiary/aromatic N) is 1. The molecule has 0 spiro atoms. The maximum atomic E-state index is 11.2. The molecular formula is C13H15NO4. The molecule has 0 atom stereocenters. The van der Waals surface area contributed by atoms with Gasteiger partial charge >= 0.3 is 0 Å². The molecule has 0 fully saturated rings. The predicted molar refractivity (Wildman–Crippen MR) is 64.6 cm³/mol. The molecule has 0 saturated carbocycles. The first-order valence-electron chi connectivity index (χ1n) is 5.79. The van der Waals surface area contributed by atoms with Crippen LogP contribution in [0.2, 0.25) is 0 Å². The third kappa shape index (κ3) is 2.80. The molecule has 1 heterocycles. The van der Waals surface area contributed by atoms with Gasteiger partial charge in [-0.15, -0.1) is 0 Å². The summed E-state index contributed by atoms with van der Waals surface area (Å²) in [5.41, 5.74) is 0.900. The molecule has 1 aliphatic heterocycles. The van der Waals surface area contributed by atoms with E-state index in [0.29, 0.717) is 31.8 Å². The number of fused-ring (bicyclic) bond motifs is 1. The fourth-order valence-electron chi connectivity index (χ4n) is 1.75. The van der Waals surface area contributed by atoms with E-state index >= 15 is 0 Å². The van der Waals surface area contributed by atoms with Gasteiger partial charge in [0, 0.05) is 20.0 Å². The van der Waals surface area contributed by atoms with E-state index in [0.717, 1.165) is 17.7 Å². The van der Waals surface area contributed by atoms with Crippen molar-refractivity contribution in [1.82, 2.24) is 4.90 Å². The van der Waals surface area contributed by atoms with E-state index in [9.17, 15) is 9.59 Å². The van der Waals surface area contributed by atoms with Gasteiger partial charge in [0.25, 0.3) is 5.91 Å². The Morgan fingerprint density at radius 3 is 2.78 bits per heavy atom. The largest absolute Gasteiger partial charge is 0.490 e. The molecule has 0 saturated heterocycles. The van der Waals surface area contributed by atoms with Crippen LogP contribution in [0.3, 0.4) is 0 Å². The minimum absolute atomic E-state index is 0.309. The Bertz CT molecular complexity index is 458. The van der Waals surface area contributed by atoms with Crippen molar-refractivity contribution < 1.29 is 19.1 Å². The van der Waals surface area contributed by atoms with E-state index in [-0.39, 0.29) is 0 Å². The third-order valence-corrected chi connectivity index (χ3v) is 2.71. The van der Waals surface area contributed by atoms with Crippen LogP contribution in [0.15, 0.2) is 18.2 Å². The summed E-state index contributed by atoms with van der Waals surface area (Å²) in [5.74, 6) is 0.875. The minimum atomic E-state index is -0.540. The van der Waals surface area contributed by atoms with Gasteiger partial charge in [0.2, 0.25) is 6.29 Å². The van der Waals surface area contributed by atoms with Crippen LogP contribution >= 0.6 is 0 Å². The van der Waals surface area contributed by atoms with Crippen LogP contribution in [0, 0.1) is 0 Å². The van der Waals surface area contributed by atoms with E-state index < -0.39 is 5.91 Å². The minimum Gasteiger partial charge on any atom is -0.490 e. The summed E-state index contributed by atoms with van der Waals surface area (Å²) >= 11 is 0. The highest BCUT2D eigenvalue weighted by molar-refractivity contribution is 6.23. The lowest BCUT2D eigenvalue weighted by atomic mass is 10.2. The Balaban J connectivity index is 2.13. The van der Waals surface area contributed by atoms with Crippen LogP contribution in [0.4, 0.5) is 0 Å². The summed E-state index contributed by atoms with van der Waals surface area (Å²) in [7, 11) is 1.58. The molecule has 0 unspecified atom stereocenters. The molecule has 1 amide bonds. The van der Waals surface area contributed by atoms with Crippen LogP contribution in [-0.2, 0) is 16.1 Å². The fraction of sp³-hybridized carbons (Fsp3) is 0.385. The number of benzene rings is 1. The Morgan fingerprint density at radius 2 is 2.06 bits per heavy atom. The Kier molecular flexibility index (Phi) is 3.82. The van der Waals surface area contributed by atoms with Crippen LogP contribution in [0.5, 0.6) is 11.5 Å². The van der Waals surface area contributed by atoms with Gasteiger partial charge in [0.05, 0.1) is 13.2 Å². The van der Waals surface area contributed by atoms with Gasteiger partial charge in [-0.05, 0) is 17.7 Å². The number of amides is 1. The Morgan fingerprint density at radius 1 is 1.33 bits per heavy atom. The first-order valence-corrected chi connectivity index (χ1v) is 5.79. The second-order valence-electron chi connectivity index (χ2n) is 4.14. The second kappa shape index (κ2) is 5.53. The van der Waals surface area contributed by atoms with Crippen LogP contribution in [-0.4, -0.2) is 37.4 Å². The van der Waals surface area contributed by atoms with Crippen molar-refractivity contribution in [3.05, 3.63) is 23.8 Å². The molecule has 1 aliphatic rings. The molecular weight excluding hydrogens is 234 g/mol. The molecule has 2 rings (SSSR count). The summed E-state index contributed by atoms with van der Waals surface area (Å²) in [6, 6.07) is 5.53. The van der Waals surface area contributed by atoms with Gasteiger partial charge in [0.1, 0.15) is 0 Å². The second-order valence-corrected chi connectivity index (χ2v) is 4.14. The number of aldehydes is 1. The van der Waals surface area contributed by atoms with Gasteiger partial charge in [-0.2, -0.15) is 0 Å². The first-order chi connectivity index (χ1) is 8.70. The lowest BCUT2D eigenvalue weighted by molar-refractivity contribution is -0.138. The molecule has 5 nitrogen and oxygen atoms in total. The van der Waals surface area contributed by atoms with Crippen LogP contribution in [0.25, 0.3) is 0 Å². The molecule has 0 aliphatic carbocycles. The molecule has 1 aromatic carbocycles. The quantitative estimate of drug-likeness (QED) is 0.592. The smallest absolute Gasteiger partial charge is 0.286 e. The van der Waals surface area contributed by atoms with Crippen molar-refractivity contribution in [1.29, 1.82) is 0 Å². The maximum absolute atomic E-state index is 11.2. The molecule has 1 aromatic rings. The fourth-order valence-corrected chi connectivity index (χ4v) is 1.75. The topological polar surface area (TPSA) is 55.8 Å². The van der Waals surface area contributed by atoms with Crippen molar-refractivity contribution in [3.63, 3.8) is 0 Å². The number of hydrogen-bond acceptors (Lipinski definition) is 4. The van der Waals surface area contributed by atoms with Crippen molar-refractivity contribution in [2.45, 2.75) is 13.0 Å². The number of rotatable bonds is 3. The number of ether oxygens (including phenoxy) is 2. The lowest BCUT2D eigenvalue weighted by Gasteiger charge is -2.15. The molecule has 18 heavy (non-hydrogen) atoms. The molecule has 5 heteroatoms. The normalized spacial score (nSPS) is 13.6. The van der Waals surface area contributed by atoms with Crippen molar-refractivity contribution in [3.8, 4) is 11.5 Å². The van der Waals surface area contributed by atoms with Crippen molar-refractivity contribution in [2.24, 2.45) is 0 Å². The van der Waals surface area contributed by atoms with Crippen LogP contribution < -0.4 is 9.47 Å². The van der Waals surface area contributed by atoms with Gasteiger partial charge in [-0.25, -0.2) is 0 Å². The summed E-state index contributed by atoms with van der Waals surface area (Å²) < 4.78 is 11.1. The lowest BCUT2D eigenvalue weighted by Crippen LogP contribution is -2.26.